The Balaban J connectivity index is 2.87. The van der Waals surface area contributed by atoms with E-state index in [1.54, 1.807) is 39.3 Å². The predicted octanol–water partition coefficient (Wildman–Crippen LogP) is 2.36. The van der Waals surface area contributed by atoms with Crippen molar-refractivity contribution in [1.82, 2.24) is 10.3 Å². The Bertz CT molecular complexity index is 453. The first-order valence-corrected chi connectivity index (χ1v) is 6.63. The second-order valence-electron chi connectivity index (χ2n) is 5.37. The summed E-state index contributed by atoms with van der Waals surface area (Å²) in [4.78, 5) is 26.8. The minimum atomic E-state index is -1.08. The second kappa shape index (κ2) is 5.56. The zero-order chi connectivity index (χ0) is 14.7. The van der Waals surface area contributed by atoms with Gasteiger partial charge in [0, 0.05) is 11.6 Å². The zero-order valence-corrected chi connectivity index (χ0v) is 12.2. The quantitative estimate of drug-likeness (QED) is 0.887. The van der Waals surface area contributed by atoms with Crippen molar-refractivity contribution in [2.75, 3.05) is 0 Å². The van der Waals surface area contributed by atoms with E-state index in [0.29, 0.717) is 5.01 Å². The monoisotopic (exact) mass is 286 g/mol. The Kier molecular flexibility index (Phi) is 4.52. The smallest absolute Gasteiger partial charge is 0.408 e. The van der Waals surface area contributed by atoms with Gasteiger partial charge < -0.3 is 15.2 Å². The number of nitrogens with one attached hydrogen (secondary N) is 1. The lowest BCUT2D eigenvalue weighted by molar-refractivity contribution is -0.138. The number of alkyl carbamates (subject to hydrolysis) is 1. The van der Waals surface area contributed by atoms with Crippen molar-refractivity contribution in [2.45, 2.75) is 45.3 Å². The van der Waals surface area contributed by atoms with Crippen molar-refractivity contribution in [2.24, 2.45) is 0 Å². The van der Waals surface area contributed by atoms with Crippen LogP contribution >= 0.6 is 11.3 Å². The first-order chi connectivity index (χ1) is 8.62. The van der Waals surface area contributed by atoms with E-state index in [1.807, 2.05) is 0 Å². The van der Waals surface area contributed by atoms with Crippen molar-refractivity contribution < 1.29 is 19.4 Å². The van der Waals surface area contributed by atoms with Crippen LogP contribution in [0.4, 0.5) is 4.79 Å². The Morgan fingerprint density at radius 2 is 2.05 bits per heavy atom. The summed E-state index contributed by atoms with van der Waals surface area (Å²) in [6.07, 6.45) is 0.642. The van der Waals surface area contributed by atoms with Crippen LogP contribution in [-0.4, -0.2) is 27.8 Å². The number of aromatic nitrogens is 1. The van der Waals surface area contributed by atoms with Gasteiger partial charge >= 0.3 is 12.1 Å². The molecule has 6 nitrogen and oxygen atoms in total. The maximum Gasteiger partial charge on any atom is 0.408 e. The molecular formula is C12H18N2O4S. The van der Waals surface area contributed by atoms with Crippen LogP contribution in [-0.2, 0) is 15.1 Å². The molecule has 0 aliphatic rings. The van der Waals surface area contributed by atoms with E-state index in [9.17, 15) is 9.59 Å². The maximum atomic E-state index is 11.8. The highest BCUT2D eigenvalue weighted by Crippen LogP contribution is 2.27. The first-order valence-electron chi connectivity index (χ1n) is 5.75. The Hall–Kier alpha value is -1.63. The predicted molar refractivity (Wildman–Crippen MR) is 71.1 cm³/mol. The van der Waals surface area contributed by atoms with Crippen molar-refractivity contribution in [3.63, 3.8) is 0 Å². The van der Waals surface area contributed by atoms with Gasteiger partial charge in [0.2, 0.25) is 0 Å². The fourth-order valence-corrected chi connectivity index (χ4v) is 2.26. The SMILES string of the molecule is CC(C)(C)OC(=O)NC(C)(CC(=O)O)c1nccs1. The largest absolute Gasteiger partial charge is 0.481 e. The topological polar surface area (TPSA) is 88.5 Å². The molecule has 0 radical (unpaired) electrons. The van der Waals surface area contributed by atoms with Crippen LogP contribution in [0.2, 0.25) is 0 Å². The molecule has 1 aromatic heterocycles. The average Bonchev–Trinajstić information content (AvgIpc) is 2.64. The molecule has 1 rings (SSSR count). The van der Waals surface area contributed by atoms with E-state index in [-0.39, 0.29) is 6.42 Å². The molecule has 19 heavy (non-hydrogen) atoms. The number of carboxylic acid groups (broad SMARTS) is 1. The van der Waals surface area contributed by atoms with E-state index >= 15 is 0 Å². The normalized spacial score (nSPS) is 14.5. The first kappa shape index (κ1) is 15.4. The second-order valence-corrected chi connectivity index (χ2v) is 6.26. The summed E-state index contributed by atoms with van der Waals surface area (Å²) in [5.74, 6) is -1.02. The van der Waals surface area contributed by atoms with Gasteiger partial charge in [-0.15, -0.1) is 11.3 Å². The maximum absolute atomic E-state index is 11.8. The fourth-order valence-electron chi connectivity index (χ4n) is 1.50. The molecule has 0 aromatic carbocycles. The van der Waals surface area contributed by atoms with Gasteiger partial charge in [-0.25, -0.2) is 9.78 Å². The van der Waals surface area contributed by atoms with E-state index in [4.69, 9.17) is 9.84 Å². The number of thiazole rings is 1. The molecule has 106 valence electrons. The molecule has 7 heteroatoms. The van der Waals surface area contributed by atoms with Gasteiger partial charge in [0.1, 0.15) is 16.1 Å². The third kappa shape index (κ3) is 4.86. The minimum Gasteiger partial charge on any atom is -0.481 e. The van der Waals surface area contributed by atoms with Crippen LogP contribution in [0.15, 0.2) is 11.6 Å². The van der Waals surface area contributed by atoms with Crippen molar-refractivity contribution in [1.29, 1.82) is 0 Å². The van der Waals surface area contributed by atoms with Crippen molar-refractivity contribution in [3.8, 4) is 0 Å². The summed E-state index contributed by atoms with van der Waals surface area (Å²) < 4.78 is 5.15. The van der Waals surface area contributed by atoms with Gasteiger partial charge in [0.05, 0.1) is 6.42 Å². The standard InChI is InChI=1S/C12H18N2O4S/c1-11(2,3)18-10(17)14-12(4,7-8(15)16)9-13-5-6-19-9/h5-6H,7H2,1-4H3,(H,14,17)(H,15,16). The fraction of sp³-hybridized carbons (Fsp3) is 0.583. The number of rotatable bonds is 4. The molecule has 0 saturated heterocycles. The van der Waals surface area contributed by atoms with Crippen LogP contribution in [0.5, 0.6) is 0 Å². The number of hydrogen-bond donors (Lipinski definition) is 2. The molecule has 1 unspecified atom stereocenters. The molecule has 0 aliphatic carbocycles. The number of carbonyl (C=O) groups excluding carboxylic acids is 1. The molecular weight excluding hydrogens is 268 g/mol. The average molecular weight is 286 g/mol. The van der Waals surface area contributed by atoms with E-state index in [1.165, 1.54) is 11.3 Å². The number of nitrogens with zero attached hydrogens (tertiary/aromatic N) is 1. The summed E-state index contributed by atoms with van der Waals surface area (Å²) in [7, 11) is 0. The number of carboxylic acids is 1. The number of hydrogen-bond acceptors (Lipinski definition) is 5. The highest BCUT2D eigenvalue weighted by molar-refractivity contribution is 7.09. The van der Waals surface area contributed by atoms with Gasteiger partial charge in [-0.2, -0.15) is 0 Å². The molecule has 0 aliphatic heterocycles. The van der Waals surface area contributed by atoms with Crippen LogP contribution < -0.4 is 5.32 Å². The van der Waals surface area contributed by atoms with Crippen molar-refractivity contribution >= 4 is 23.4 Å². The Labute approximate surface area is 115 Å². The molecule has 1 atom stereocenters. The molecule has 0 saturated carbocycles. The van der Waals surface area contributed by atoms with Crippen LogP contribution in [0.3, 0.4) is 0 Å². The highest BCUT2D eigenvalue weighted by Gasteiger charge is 2.35. The van der Waals surface area contributed by atoms with Gasteiger partial charge in [0.15, 0.2) is 0 Å². The lowest BCUT2D eigenvalue weighted by Crippen LogP contribution is -2.47. The summed E-state index contributed by atoms with van der Waals surface area (Å²) in [5.41, 5.74) is -1.72. The lowest BCUT2D eigenvalue weighted by Gasteiger charge is -2.29. The molecule has 0 bridgehead atoms. The molecule has 0 fully saturated rings. The summed E-state index contributed by atoms with van der Waals surface area (Å²) in [6, 6.07) is 0. The zero-order valence-electron chi connectivity index (χ0n) is 11.4. The Morgan fingerprint density at radius 1 is 1.42 bits per heavy atom. The number of aliphatic carboxylic acids is 1. The molecule has 1 amide bonds. The van der Waals surface area contributed by atoms with E-state index in [0.717, 1.165) is 0 Å². The third-order valence-corrected chi connectivity index (χ3v) is 3.22. The molecule has 2 N–H and O–H groups in total. The number of amides is 1. The van der Waals surface area contributed by atoms with E-state index < -0.39 is 23.2 Å². The highest BCUT2D eigenvalue weighted by atomic mass is 32.1. The van der Waals surface area contributed by atoms with Gasteiger partial charge in [-0.05, 0) is 27.7 Å². The van der Waals surface area contributed by atoms with Crippen LogP contribution in [0, 0.1) is 0 Å². The third-order valence-electron chi connectivity index (χ3n) is 2.19. The summed E-state index contributed by atoms with van der Waals surface area (Å²) >= 11 is 1.29. The minimum absolute atomic E-state index is 0.264. The Morgan fingerprint density at radius 3 is 2.47 bits per heavy atom. The van der Waals surface area contributed by atoms with Gasteiger partial charge in [-0.3, -0.25) is 4.79 Å². The van der Waals surface area contributed by atoms with Gasteiger partial charge in [0.25, 0.3) is 0 Å². The van der Waals surface area contributed by atoms with E-state index in [2.05, 4.69) is 10.3 Å². The summed E-state index contributed by atoms with van der Waals surface area (Å²) in [5, 5.41) is 13.8. The van der Waals surface area contributed by atoms with Crippen LogP contribution in [0.1, 0.15) is 39.1 Å². The number of ether oxygens (including phenoxy) is 1. The van der Waals surface area contributed by atoms with Gasteiger partial charge in [-0.1, -0.05) is 0 Å². The molecule has 1 aromatic rings. The lowest BCUT2D eigenvalue weighted by atomic mass is 9.99. The van der Waals surface area contributed by atoms with Crippen LogP contribution in [0.25, 0.3) is 0 Å². The number of carbonyl (C=O) groups is 2. The summed E-state index contributed by atoms with van der Waals surface area (Å²) in [6.45, 7) is 6.84. The van der Waals surface area contributed by atoms with Crippen molar-refractivity contribution in [3.05, 3.63) is 16.6 Å². The molecule has 1 heterocycles. The molecule has 0 spiro atoms.